The first-order valence-corrected chi connectivity index (χ1v) is 12.5. The minimum atomic E-state index is -0.497. The van der Waals surface area contributed by atoms with E-state index in [1.54, 1.807) is 18.3 Å². The molecule has 1 aromatic heterocycles. The fraction of sp³-hybridized carbons (Fsp3) is 0.261. The van der Waals surface area contributed by atoms with E-state index in [1.165, 1.54) is 53.8 Å². The molecule has 2 atom stereocenters. The summed E-state index contributed by atoms with van der Waals surface area (Å²) in [5, 5.41) is 6.15. The molecule has 12 heteroatoms. The van der Waals surface area contributed by atoms with Crippen LogP contribution in [0.5, 0.6) is 0 Å². The van der Waals surface area contributed by atoms with Crippen molar-refractivity contribution in [2.45, 2.75) is 32.0 Å². The quantitative estimate of drug-likeness (QED) is 0.306. The van der Waals surface area contributed by atoms with Crippen molar-refractivity contribution in [2.24, 2.45) is 0 Å². The predicted molar refractivity (Wildman–Crippen MR) is 137 cm³/mol. The molecule has 2 amide bonds. The molecule has 2 unspecified atom stereocenters. The Kier molecular flexibility index (Phi) is 9.99. The van der Waals surface area contributed by atoms with Crippen LogP contribution in [0, 0.1) is 11.6 Å². The molecule has 35 heavy (non-hydrogen) atoms. The van der Waals surface area contributed by atoms with Gasteiger partial charge in [-0.25, -0.2) is 22.8 Å². The fourth-order valence-corrected chi connectivity index (χ4v) is 4.90. The molecule has 0 spiro atoms. The van der Waals surface area contributed by atoms with E-state index in [-0.39, 0.29) is 28.8 Å². The molecule has 3 aromatic rings. The van der Waals surface area contributed by atoms with Gasteiger partial charge in [-0.1, -0.05) is 11.6 Å². The Morgan fingerprint density at radius 2 is 2.03 bits per heavy atom. The molecule has 3 N–H and O–H groups in total. The molecule has 0 aliphatic carbocycles. The number of hydrogen-bond acceptors (Lipinski definition) is 7. The van der Waals surface area contributed by atoms with Crippen LogP contribution in [0.25, 0.3) is 10.6 Å². The van der Waals surface area contributed by atoms with Gasteiger partial charge in [-0.15, -0.1) is 11.3 Å². The van der Waals surface area contributed by atoms with E-state index in [1.807, 2.05) is 18.3 Å². The maximum Gasteiger partial charge on any atom is 0.242 e. The normalized spacial score (nSPS) is 17.7. The SMILES string of the molecule is CC1CC(C(=O)Nc2ccc(F)c(Cl)c2)N(C)SN1.O=CNCc1cnc(-c2ccc(F)cc2)s1. The van der Waals surface area contributed by atoms with E-state index in [2.05, 4.69) is 20.3 Å². The first kappa shape index (κ1) is 27.0. The number of amides is 2. The summed E-state index contributed by atoms with van der Waals surface area (Å²) in [6.07, 6.45) is 3.07. The Balaban J connectivity index is 0.000000198. The highest BCUT2D eigenvalue weighted by molar-refractivity contribution is 7.95. The molecule has 2 aromatic carbocycles. The van der Waals surface area contributed by atoms with Gasteiger partial charge in [-0.3, -0.25) is 9.59 Å². The molecule has 186 valence electrons. The Bertz CT molecular complexity index is 1150. The van der Waals surface area contributed by atoms with Crippen LogP contribution in [-0.4, -0.2) is 40.7 Å². The number of carbonyl (C=O) groups is 2. The zero-order valence-corrected chi connectivity index (χ0v) is 21.3. The maximum absolute atomic E-state index is 13.0. The van der Waals surface area contributed by atoms with E-state index in [0.29, 0.717) is 25.1 Å². The summed E-state index contributed by atoms with van der Waals surface area (Å²) in [5.74, 6) is -0.878. The summed E-state index contributed by atoms with van der Waals surface area (Å²) in [4.78, 5) is 27.5. The molecule has 7 nitrogen and oxygen atoms in total. The number of aromatic nitrogens is 1. The van der Waals surface area contributed by atoms with Gasteiger partial charge >= 0.3 is 0 Å². The first-order valence-electron chi connectivity index (χ1n) is 10.6. The highest BCUT2D eigenvalue weighted by atomic mass is 35.5. The molecule has 0 saturated carbocycles. The number of carbonyl (C=O) groups excluding carboxylic acids is 2. The Morgan fingerprint density at radius 3 is 2.71 bits per heavy atom. The Hall–Kier alpha value is -2.57. The van der Waals surface area contributed by atoms with Crippen LogP contribution < -0.4 is 15.4 Å². The lowest BCUT2D eigenvalue weighted by Crippen LogP contribution is -2.48. The van der Waals surface area contributed by atoms with Crippen LogP contribution in [0.4, 0.5) is 14.5 Å². The number of anilines is 1. The Labute approximate surface area is 215 Å². The molecule has 0 bridgehead atoms. The summed E-state index contributed by atoms with van der Waals surface area (Å²) in [6.45, 7) is 2.50. The van der Waals surface area contributed by atoms with Crippen molar-refractivity contribution in [3.63, 3.8) is 0 Å². The Morgan fingerprint density at radius 1 is 1.29 bits per heavy atom. The smallest absolute Gasteiger partial charge is 0.242 e. The summed E-state index contributed by atoms with van der Waals surface area (Å²) in [7, 11) is 1.85. The van der Waals surface area contributed by atoms with Crippen LogP contribution in [0.15, 0.2) is 48.7 Å². The van der Waals surface area contributed by atoms with Crippen LogP contribution in [0.2, 0.25) is 5.02 Å². The largest absolute Gasteiger partial charge is 0.354 e. The number of nitrogens with zero attached hydrogens (tertiary/aromatic N) is 2. The third kappa shape index (κ3) is 7.97. The number of benzene rings is 2. The van der Waals surface area contributed by atoms with Crippen LogP contribution in [-0.2, 0) is 16.1 Å². The van der Waals surface area contributed by atoms with E-state index < -0.39 is 5.82 Å². The monoisotopic (exact) mass is 539 g/mol. The van der Waals surface area contributed by atoms with E-state index in [4.69, 9.17) is 11.6 Å². The third-order valence-corrected chi connectivity index (χ3v) is 7.29. The van der Waals surface area contributed by atoms with Crippen molar-refractivity contribution >= 4 is 53.1 Å². The summed E-state index contributed by atoms with van der Waals surface area (Å²) in [6, 6.07) is 10.3. The maximum atomic E-state index is 13.0. The molecule has 1 aliphatic rings. The second kappa shape index (κ2) is 12.9. The molecule has 1 aliphatic heterocycles. The summed E-state index contributed by atoms with van der Waals surface area (Å²) >= 11 is 8.58. The van der Waals surface area contributed by atoms with Gasteiger partial charge in [-0.05, 0) is 62.9 Å². The van der Waals surface area contributed by atoms with Gasteiger partial charge in [0.1, 0.15) is 22.7 Å². The van der Waals surface area contributed by atoms with Crippen molar-refractivity contribution in [1.82, 2.24) is 19.3 Å². The van der Waals surface area contributed by atoms with Gasteiger partial charge in [0.15, 0.2) is 0 Å². The highest BCUT2D eigenvalue weighted by Crippen LogP contribution is 2.25. The highest BCUT2D eigenvalue weighted by Gasteiger charge is 2.30. The number of hydrogen-bond donors (Lipinski definition) is 3. The van der Waals surface area contributed by atoms with Crippen LogP contribution in [0.3, 0.4) is 0 Å². The second-order valence-corrected chi connectivity index (χ2v) is 10.2. The molecular formula is C23H24ClF2N5O2S2. The minimum absolute atomic E-state index is 0.000733. The number of nitrogens with one attached hydrogen (secondary N) is 3. The van der Waals surface area contributed by atoms with Gasteiger partial charge in [-0.2, -0.15) is 0 Å². The van der Waals surface area contributed by atoms with Gasteiger partial charge < -0.3 is 10.6 Å². The minimum Gasteiger partial charge on any atom is -0.354 e. The fourth-order valence-electron chi connectivity index (χ4n) is 3.10. The standard InChI is InChI=1S/C12H15ClFN3OS.C11H9FN2OS/c1-7-5-11(17(2)19-16-7)12(18)15-8-3-4-10(14)9(13)6-8;12-9-3-1-8(2-4-9)11-14-6-10(16-11)5-13-7-15/h3-4,6-7,11,16H,5H2,1-2H3,(H,15,18);1-4,6-7H,5H2,(H,13,15). The number of halogens is 3. The topological polar surface area (TPSA) is 86.4 Å². The van der Waals surface area contributed by atoms with E-state index in [9.17, 15) is 18.4 Å². The zero-order valence-electron chi connectivity index (χ0n) is 18.9. The van der Waals surface area contributed by atoms with Crippen LogP contribution in [0.1, 0.15) is 18.2 Å². The van der Waals surface area contributed by atoms with Crippen molar-refractivity contribution in [3.8, 4) is 10.6 Å². The predicted octanol–water partition coefficient (Wildman–Crippen LogP) is 4.86. The van der Waals surface area contributed by atoms with Crippen molar-refractivity contribution < 1.29 is 18.4 Å². The lowest BCUT2D eigenvalue weighted by Gasteiger charge is -2.33. The summed E-state index contributed by atoms with van der Waals surface area (Å²) < 4.78 is 30.8. The van der Waals surface area contributed by atoms with Gasteiger partial charge in [0.2, 0.25) is 12.3 Å². The number of likely N-dealkylation sites (N-methyl/N-ethyl adjacent to an activating group) is 1. The first-order chi connectivity index (χ1) is 16.8. The van der Waals surface area contributed by atoms with Gasteiger partial charge in [0.05, 0.1) is 11.6 Å². The van der Waals surface area contributed by atoms with Crippen molar-refractivity contribution in [1.29, 1.82) is 0 Å². The number of rotatable bonds is 6. The molecule has 2 heterocycles. The molecule has 1 saturated heterocycles. The molecule has 4 rings (SSSR count). The molecular weight excluding hydrogens is 516 g/mol. The third-order valence-electron chi connectivity index (χ3n) is 4.91. The molecule has 1 fully saturated rings. The average Bonchev–Trinajstić information content (AvgIpc) is 3.31. The number of thiazole rings is 1. The van der Waals surface area contributed by atoms with E-state index in [0.717, 1.165) is 15.4 Å². The zero-order chi connectivity index (χ0) is 25.4. The van der Waals surface area contributed by atoms with Crippen LogP contribution >= 0.6 is 35.1 Å². The van der Waals surface area contributed by atoms with Gasteiger partial charge in [0.25, 0.3) is 0 Å². The lowest BCUT2D eigenvalue weighted by atomic mass is 10.1. The van der Waals surface area contributed by atoms with E-state index >= 15 is 0 Å². The lowest BCUT2D eigenvalue weighted by molar-refractivity contribution is -0.119. The van der Waals surface area contributed by atoms with Gasteiger partial charge in [0, 0.05) is 40.5 Å². The second-order valence-electron chi connectivity index (χ2n) is 7.66. The van der Waals surface area contributed by atoms with Crippen molar-refractivity contribution in [3.05, 3.63) is 70.2 Å². The molecule has 0 radical (unpaired) electrons. The average molecular weight is 540 g/mol. The van der Waals surface area contributed by atoms with Crippen molar-refractivity contribution in [2.75, 3.05) is 12.4 Å². The summed E-state index contributed by atoms with van der Waals surface area (Å²) in [5.41, 5.74) is 1.38.